The van der Waals surface area contributed by atoms with Crippen molar-refractivity contribution in [2.75, 3.05) is 23.7 Å². The van der Waals surface area contributed by atoms with E-state index in [4.69, 9.17) is 0 Å². The van der Waals surface area contributed by atoms with Crippen molar-refractivity contribution < 1.29 is 8.42 Å². The first-order chi connectivity index (χ1) is 9.11. The molecule has 1 aliphatic heterocycles. The zero-order valence-electron chi connectivity index (χ0n) is 11.2. The maximum absolute atomic E-state index is 11.7. The highest BCUT2D eigenvalue weighted by molar-refractivity contribution is 7.89. The SMILES string of the molecule is CCCS(=O)(=O)NC1CCN(c2ccccn2)CC1. The van der Waals surface area contributed by atoms with E-state index in [0.29, 0.717) is 6.42 Å². The lowest BCUT2D eigenvalue weighted by atomic mass is 10.1. The van der Waals surface area contributed by atoms with Crippen LogP contribution in [0.1, 0.15) is 26.2 Å². The third kappa shape index (κ3) is 4.18. The Morgan fingerprint density at radius 3 is 2.68 bits per heavy atom. The van der Waals surface area contributed by atoms with Crippen LogP contribution in [0.4, 0.5) is 5.82 Å². The average molecular weight is 283 g/mol. The molecular formula is C13H21N3O2S. The summed E-state index contributed by atoms with van der Waals surface area (Å²) in [4.78, 5) is 6.52. The molecule has 106 valence electrons. The van der Waals surface area contributed by atoms with Crippen molar-refractivity contribution in [3.05, 3.63) is 24.4 Å². The summed E-state index contributed by atoms with van der Waals surface area (Å²) in [5.74, 6) is 1.19. The van der Waals surface area contributed by atoms with E-state index < -0.39 is 10.0 Å². The Morgan fingerprint density at radius 1 is 1.37 bits per heavy atom. The van der Waals surface area contributed by atoms with Crippen LogP contribution in [0.5, 0.6) is 0 Å². The summed E-state index contributed by atoms with van der Waals surface area (Å²) < 4.78 is 26.2. The lowest BCUT2D eigenvalue weighted by Crippen LogP contribution is -2.45. The molecule has 0 amide bonds. The van der Waals surface area contributed by atoms with Crippen LogP contribution in [0, 0.1) is 0 Å². The fraction of sp³-hybridized carbons (Fsp3) is 0.615. The minimum atomic E-state index is -3.10. The Balaban J connectivity index is 1.86. The quantitative estimate of drug-likeness (QED) is 0.887. The number of nitrogens with zero attached hydrogens (tertiary/aromatic N) is 2. The molecule has 0 aliphatic carbocycles. The van der Waals surface area contributed by atoms with Crippen LogP contribution in [-0.4, -0.2) is 38.3 Å². The van der Waals surface area contributed by atoms with Gasteiger partial charge in [0.2, 0.25) is 10.0 Å². The van der Waals surface area contributed by atoms with E-state index in [1.807, 2.05) is 25.1 Å². The average Bonchev–Trinajstić information content (AvgIpc) is 2.40. The van der Waals surface area contributed by atoms with Gasteiger partial charge in [0, 0.05) is 25.3 Å². The van der Waals surface area contributed by atoms with Gasteiger partial charge >= 0.3 is 0 Å². The Kier molecular flexibility index (Phi) is 4.76. The molecule has 0 saturated carbocycles. The third-order valence-electron chi connectivity index (χ3n) is 3.29. The topological polar surface area (TPSA) is 62.3 Å². The maximum Gasteiger partial charge on any atom is 0.211 e. The molecule has 1 fully saturated rings. The van der Waals surface area contributed by atoms with Crippen molar-refractivity contribution >= 4 is 15.8 Å². The van der Waals surface area contributed by atoms with Gasteiger partial charge in [0.15, 0.2) is 0 Å². The predicted octanol–water partition coefficient (Wildman–Crippen LogP) is 1.38. The number of rotatable bonds is 5. The molecule has 1 N–H and O–H groups in total. The van der Waals surface area contributed by atoms with Crippen molar-refractivity contribution in [2.45, 2.75) is 32.2 Å². The van der Waals surface area contributed by atoms with Crippen LogP contribution in [0.25, 0.3) is 0 Å². The van der Waals surface area contributed by atoms with Crippen molar-refractivity contribution in [2.24, 2.45) is 0 Å². The highest BCUT2D eigenvalue weighted by Crippen LogP contribution is 2.17. The summed E-state index contributed by atoms with van der Waals surface area (Å²) >= 11 is 0. The van der Waals surface area contributed by atoms with Crippen molar-refractivity contribution in [1.82, 2.24) is 9.71 Å². The van der Waals surface area contributed by atoms with Gasteiger partial charge < -0.3 is 4.90 Å². The number of hydrogen-bond donors (Lipinski definition) is 1. The Bertz CT molecular complexity index is 482. The second kappa shape index (κ2) is 6.34. The number of anilines is 1. The summed E-state index contributed by atoms with van der Waals surface area (Å²) in [5, 5.41) is 0. The molecule has 1 aromatic rings. The van der Waals surface area contributed by atoms with Gasteiger partial charge in [0.25, 0.3) is 0 Å². The molecule has 0 aromatic carbocycles. The van der Waals surface area contributed by atoms with Gasteiger partial charge in [-0.25, -0.2) is 18.1 Å². The molecule has 2 rings (SSSR count). The van der Waals surface area contributed by atoms with Crippen molar-refractivity contribution in [3.63, 3.8) is 0 Å². The molecule has 6 heteroatoms. The van der Waals surface area contributed by atoms with E-state index in [0.717, 1.165) is 31.7 Å². The number of hydrogen-bond acceptors (Lipinski definition) is 4. The fourth-order valence-electron chi connectivity index (χ4n) is 2.35. The number of sulfonamides is 1. The zero-order valence-corrected chi connectivity index (χ0v) is 12.1. The molecule has 1 aromatic heterocycles. The smallest absolute Gasteiger partial charge is 0.211 e. The summed E-state index contributed by atoms with van der Waals surface area (Å²) in [6.45, 7) is 3.57. The molecule has 1 aliphatic rings. The van der Waals surface area contributed by atoms with E-state index in [1.165, 1.54) is 0 Å². The molecule has 0 radical (unpaired) electrons. The summed E-state index contributed by atoms with van der Waals surface area (Å²) in [5.41, 5.74) is 0. The first-order valence-corrected chi connectivity index (χ1v) is 8.42. The number of aromatic nitrogens is 1. The first-order valence-electron chi connectivity index (χ1n) is 6.76. The van der Waals surface area contributed by atoms with Crippen LogP contribution in [0.15, 0.2) is 24.4 Å². The zero-order chi connectivity index (χ0) is 13.7. The summed E-state index contributed by atoms with van der Waals surface area (Å²) in [6.07, 6.45) is 4.10. The van der Waals surface area contributed by atoms with Crippen LogP contribution < -0.4 is 9.62 Å². The molecule has 1 saturated heterocycles. The lowest BCUT2D eigenvalue weighted by molar-refractivity contribution is 0.458. The lowest BCUT2D eigenvalue weighted by Gasteiger charge is -2.32. The highest BCUT2D eigenvalue weighted by atomic mass is 32.2. The van der Waals surface area contributed by atoms with Crippen LogP contribution >= 0.6 is 0 Å². The monoisotopic (exact) mass is 283 g/mol. The van der Waals surface area contributed by atoms with Gasteiger partial charge in [-0.15, -0.1) is 0 Å². The van der Waals surface area contributed by atoms with Gasteiger partial charge in [-0.05, 0) is 31.4 Å². The molecule has 5 nitrogen and oxygen atoms in total. The molecule has 0 bridgehead atoms. The predicted molar refractivity (Wildman–Crippen MR) is 76.7 cm³/mol. The maximum atomic E-state index is 11.7. The minimum absolute atomic E-state index is 0.0662. The molecule has 2 heterocycles. The van der Waals surface area contributed by atoms with Crippen LogP contribution in [0.2, 0.25) is 0 Å². The van der Waals surface area contributed by atoms with Crippen LogP contribution in [0.3, 0.4) is 0 Å². The van der Waals surface area contributed by atoms with Gasteiger partial charge in [0.1, 0.15) is 5.82 Å². The molecule has 19 heavy (non-hydrogen) atoms. The summed E-state index contributed by atoms with van der Waals surface area (Å²) in [6, 6.07) is 5.92. The largest absolute Gasteiger partial charge is 0.357 e. The normalized spacial score (nSPS) is 17.6. The van der Waals surface area contributed by atoms with Crippen molar-refractivity contribution in [3.8, 4) is 0 Å². The minimum Gasteiger partial charge on any atom is -0.357 e. The van der Waals surface area contributed by atoms with E-state index in [2.05, 4.69) is 14.6 Å². The van der Waals surface area contributed by atoms with Gasteiger partial charge in [-0.3, -0.25) is 0 Å². The Hall–Kier alpha value is -1.14. The Labute approximate surface area is 115 Å². The number of nitrogens with one attached hydrogen (secondary N) is 1. The van der Waals surface area contributed by atoms with Gasteiger partial charge in [-0.2, -0.15) is 0 Å². The second-order valence-corrected chi connectivity index (χ2v) is 6.76. The molecular weight excluding hydrogens is 262 g/mol. The third-order valence-corrected chi connectivity index (χ3v) is 4.93. The van der Waals surface area contributed by atoms with Gasteiger partial charge in [0.05, 0.1) is 5.75 Å². The number of piperidine rings is 1. The van der Waals surface area contributed by atoms with E-state index in [1.54, 1.807) is 6.20 Å². The van der Waals surface area contributed by atoms with Crippen molar-refractivity contribution in [1.29, 1.82) is 0 Å². The highest BCUT2D eigenvalue weighted by Gasteiger charge is 2.23. The van der Waals surface area contributed by atoms with E-state index >= 15 is 0 Å². The summed E-state index contributed by atoms with van der Waals surface area (Å²) in [7, 11) is -3.10. The molecule has 0 atom stereocenters. The van der Waals surface area contributed by atoms with Gasteiger partial charge in [-0.1, -0.05) is 13.0 Å². The van der Waals surface area contributed by atoms with Crippen LogP contribution in [-0.2, 0) is 10.0 Å². The van der Waals surface area contributed by atoms with E-state index in [9.17, 15) is 8.42 Å². The second-order valence-electron chi connectivity index (χ2n) is 4.89. The molecule has 0 spiro atoms. The number of pyridine rings is 1. The molecule has 0 unspecified atom stereocenters. The standard InChI is InChI=1S/C13H21N3O2S/c1-2-11-19(17,18)15-12-6-9-16(10-7-12)13-5-3-4-8-14-13/h3-5,8,12,15H,2,6-7,9-11H2,1H3. The Morgan fingerprint density at radius 2 is 2.11 bits per heavy atom. The fourth-order valence-corrected chi connectivity index (χ4v) is 3.75. The first kappa shape index (κ1) is 14.3. The van der Waals surface area contributed by atoms with E-state index in [-0.39, 0.29) is 11.8 Å².